The summed E-state index contributed by atoms with van der Waals surface area (Å²) in [6.07, 6.45) is 0. The topological polar surface area (TPSA) is 108 Å². The van der Waals surface area contributed by atoms with E-state index < -0.39 is 40.4 Å². The maximum atomic E-state index is 12.5. The van der Waals surface area contributed by atoms with Crippen LogP contribution in [-0.2, 0) is 30.3 Å². The largest absolute Gasteiger partial charge is 0.614 e. The molecule has 1 fully saturated rings. The van der Waals surface area contributed by atoms with Crippen molar-refractivity contribution in [1.82, 2.24) is 10.2 Å². The van der Waals surface area contributed by atoms with Gasteiger partial charge in [-0.15, -0.1) is 0 Å². The Bertz CT molecular complexity index is 787. The highest BCUT2D eigenvalue weighted by molar-refractivity contribution is 9.09. The second-order valence-electron chi connectivity index (χ2n) is 5.85. The van der Waals surface area contributed by atoms with Crippen LogP contribution in [-0.4, -0.2) is 63.5 Å². The van der Waals surface area contributed by atoms with Crippen molar-refractivity contribution < 1.29 is 28.4 Å². The Labute approximate surface area is 167 Å². The Morgan fingerprint density at radius 3 is 2.70 bits per heavy atom. The highest BCUT2D eigenvalue weighted by Crippen LogP contribution is 2.37. The van der Waals surface area contributed by atoms with E-state index in [9.17, 15) is 18.9 Å². The lowest BCUT2D eigenvalue weighted by atomic mass is 10.0. The monoisotopic (exact) mass is 456 g/mol. The molecule has 0 aliphatic carbocycles. The fraction of sp³-hybridized carbons (Fsp3) is 0.353. The number of carbonyl (C=O) groups excluding carboxylic acids is 3. The number of nitrogens with zero attached hydrogens (tertiary/aromatic N) is 1. The number of para-hydroxylation sites is 1. The minimum absolute atomic E-state index is 0.0926. The highest BCUT2D eigenvalue weighted by atomic mass is 79.9. The lowest BCUT2D eigenvalue weighted by Gasteiger charge is -2.49. The second kappa shape index (κ2) is 8.32. The summed E-state index contributed by atoms with van der Waals surface area (Å²) in [6, 6.07) is 7.81. The zero-order chi connectivity index (χ0) is 19.6. The van der Waals surface area contributed by atoms with Crippen molar-refractivity contribution in [2.24, 2.45) is 0 Å². The van der Waals surface area contributed by atoms with E-state index in [4.69, 9.17) is 9.47 Å². The smallest absolute Gasteiger partial charge is 0.355 e. The van der Waals surface area contributed by atoms with E-state index in [1.165, 1.54) is 7.11 Å². The lowest BCUT2D eigenvalue weighted by molar-refractivity contribution is -0.152. The molecule has 2 heterocycles. The minimum Gasteiger partial charge on any atom is -0.614 e. The van der Waals surface area contributed by atoms with Crippen molar-refractivity contribution in [1.29, 1.82) is 0 Å². The number of nitrogens with one attached hydrogen (secondary N) is 1. The number of esters is 1. The number of ether oxygens (including phenoxy) is 2. The lowest BCUT2D eigenvalue weighted by Crippen LogP contribution is -2.75. The van der Waals surface area contributed by atoms with E-state index in [0.29, 0.717) is 16.7 Å². The first-order chi connectivity index (χ1) is 13.0. The normalized spacial score (nSPS) is 24.0. The molecule has 0 spiro atoms. The fourth-order valence-corrected chi connectivity index (χ4v) is 5.33. The van der Waals surface area contributed by atoms with Gasteiger partial charge in [0.15, 0.2) is 12.6 Å². The van der Waals surface area contributed by atoms with Gasteiger partial charge in [0.05, 0.1) is 7.11 Å². The van der Waals surface area contributed by atoms with Gasteiger partial charge in [-0.3, -0.25) is 14.5 Å². The molecule has 144 valence electrons. The SMILES string of the molecule is COC(=O)C1=C(CBr)C[S+]([O-])[C@@H]2[C@H](NC(=O)COc3ccccc3)C(=O)N12. The van der Waals surface area contributed by atoms with Crippen LogP contribution in [0.4, 0.5) is 0 Å². The Hall–Kier alpha value is -2.04. The molecule has 0 saturated carbocycles. The zero-order valence-corrected chi connectivity index (χ0v) is 16.7. The molecule has 1 aromatic rings. The Morgan fingerprint density at radius 1 is 1.37 bits per heavy atom. The van der Waals surface area contributed by atoms with Gasteiger partial charge < -0.3 is 19.3 Å². The van der Waals surface area contributed by atoms with Crippen molar-refractivity contribution in [3.63, 3.8) is 0 Å². The molecular weight excluding hydrogens is 440 g/mol. The number of amides is 2. The van der Waals surface area contributed by atoms with Gasteiger partial charge >= 0.3 is 5.97 Å². The molecule has 3 atom stereocenters. The number of fused-ring (bicyclic) bond motifs is 1. The summed E-state index contributed by atoms with van der Waals surface area (Å²) in [5, 5.41) is 2.04. The van der Waals surface area contributed by atoms with E-state index in [1.54, 1.807) is 24.3 Å². The molecule has 3 rings (SSSR count). The molecule has 8 nitrogen and oxygen atoms in total. The molecule has 27 heavy (non-hydrogen) atoms. The van der Waals surface area contributed by atoms with Crippen LogP contribution in [0.2, 0.25) is 0 Å². The number of methoxy groups -OCH3 is 1. The predicted molar refractivity (Wildman–Crippen MR) is 100 cm³/mol. The van der Waals surface area contributed by atoms with Gasteiger partial charge in [0.1, 0.15) is 17.2 Å². The van der Waals surface area contributed by atoms with E-state index in [0.717, 1.165) is 4.90 Å². The van der Waals surface area contributed by atoms with Crippen LogP contribution < -0.4 is 10.1 Å². The van der Waals surface area contributed by atoms with E-state index in [-0.39, 0.29) is 18.1 Å². The molecule has 0 aromatic heterocycles. The van der Waals surface area contributed by atoms with Gasteiger partial charge in [0, 0.05) is 10.9 Å². The summed E-state index contributed by atoms with van der Waals surface area (Å²) < 4.78 is 22.6. The first kappa shape index (κ1) is 19.7. The summed E-state index contributed by atoms with van der Waals surface area (Å²) in [7, 11) is 1.21. The summed E-state index contributed by atoms with van der Waals surface area (Å²) in [4.78, 5) is 37.9. The van der Waals surface area contributed by atoms with Gasteiger partial charge in [-0.1, -0.05) is 34.1 Å². The van der Waals surface area contributed by atoms with Gasteiger partial charge in [-0.25, -0.2) is 4.79 Å². The van der Waals surface area contributed by atoms with Crippen LogP contribution in [0, 0.1) is 0 Å². The average molecular weight is 457 g/mol. The molecule has 2 aliphatic rings. The van der Waals surface area contributed by atoms with Gasteiger partial charge in [0.25, 0.3) is 11.8 Å². The van der Waals surface area contributed by atoms with Crippen LogP contribution in [0.15, 0.2) is 41.6 Å². The molecule has 0 radical (unpaired) electrons. The Morgan fingerprint density at radius 2 is 2.07 bits per heavy atom. The van der Waals surface area contributed by atoms with E-state index in [2.05, 4.69) is 21.2 Å². The van der Waals surface area contributed by atoms with Crippen molar-refractivity contribution in [3.05, 3.63) is 41.6 Å². The Kier molecular flexibility index (Phi) is 6.08. The molecule has 1 unspecified atom stereocenters. The maximum absolute atomic E-state index is 12.5. The summed E-state index contributed by atoms with van der Waals surface area (Å²) in [5.74, 6) is -1.04. The number of halogens is 1. The van der Waals surface area contributed by atoms with Gasteiger partial charge in [-0.2, -0.15) is 0 Å². The van der Waals surface area contributed by atoms with Crippen molar-refractivity contribution >= 4 is 44.9 Å². The third kappa shape index (κ3) is 3.83. The van der Waals surface area contributed by atoms with Gasteiger partial charge in [-0.05, 0) is 23.3 Å². The van der Waals surface area contributed by atoms with Crippen molar-refractivity contribution in [2.45, 2.75) is 11.4 Å². The number of hydrogen-bond acceptors (Lipinski definition) is 6. The molecule has 1 aromatic carbocycles. The predicted octanol–water partition coefficient (Wildman–Crippen LogP) is 0.303. The third-order valence-electron chi connectivity index (χ3n) is 4.17. The fourth-order valence-electron chi connectivity index (χ4n) is 2.92. The first-order valence-electron chi connectivity index (χ1n) is 8.01. The molecule has 2 aliphatic heterocycles. The summed E-state index contributed by atoms with van der Waals surface area (Å²) >= 11 is 1.79. The van der Waals surface area contributed by atoms with Crippen LogP contribution >= 0.6 is 15.9 Å². The number of hydrogen-bond donors (Lipinski definition) is 1. The molecule has 0 bridgehead atoms. The van der Waals surface area contributed by atoms with E-state index in [1.807, 2.05) is 6.07 Å². The maximum Gasteiger partial charge on any atom is 0.355 e. The first-order valence-corrected chi connectivity index (χ1v) is 10.5. The quantitative estimate of drug-likeness (QED) is 0.285. The van der Waals surface area contributed by atoms with Crippen molar-refractivity contribution in [2.75, 3.05) is 24.8 Å². The zero-order valence-electron chi connectivity index (χ0n) is 14.3. The number of β-lactam (4-membered cyclic amide) rings is 1. The second-order valence-corrected chi connectivity index (χ2v) is 7.94. The average Bonchev–Trinajstić information content (AvgIpc) is 2.69. The van der Waals surface area contributed by atoms with Crippen molar-refractivity contribution in [3.8, 4) is 5.75 Å². The van der Waals surface area contributed by atoms with Crippen LogP contribution in [0.5, 0.6) is 5.75 Å². The third-order valence-corrected chi connectivity index (χ3v) is 6.51. The number of benzene rings is 1. The molecule has 1 N–H and O–H groups in total. The van der Waals surface area contributed by atoms with Gasteiger partial charge in [0.2, 0.25) is 5.37 Å². The minimum atomic E-state index is -1.45. The molecule has 10 heteroatoms. The number of alkyl halides is 1. The Balaban J connectivity index is 1.68. The molecule has 1 saturated heterocycles. The molecule has 2 amide bonds. The highest BCUT2D eigenvalue weighted by Gasteiger charge is 2.60. The van der Waals surface area contributed by atoms with Crippen LogP contribution in [0.1, 0.15) is 0 Å². The number of carbonyl (C=O) groups is 3. The van der Waals surface area contributed by atoms with Crippen LogP contribution in [0.25, 0.3) is 0 Å². The van der Waals surface area contributed by atoms with E-state index >= 15 is 0 Å². The van der Waals surface area contributed by atoms with Crippen LogP contribution in [0.3, 0.4) is 0 Å². The summed E-state index contributed by atoms with van der Waals surface area (Å²) in [6.45, 7) is -0.278. The standard InChI is InChI=1S/C17H17BrN2O6S/c1-25-17(23)14-10(7-18)9-27(24)16-13(15(22)20(14)16)19-12(21)8-26-11-5-3-2-4-6-11/h2-6,13,16H,7-9H2,1H3,(H,19,21)/t13-,16-,27?/m1/s1. The molecular formula is C17H17BrN2O6S. The summed E-state index contributed by atoms with van der Waals surface area (Å²) in [5.41, 5.74) is 0.622. The number of rotatable bonds is 6.